The van der Waals surface area contributed by atoms with E-state index in [1.807, 2.05) is 39.0 Å². The first-order chi connectivity index (χ1) is 12.3. The number of carbonyl (C=O) groups is 1. The normalized spacial score (nSPS) is 11.2. The van der Waals surface area contributed by atoms with Crippen molar-refractivity contribution in [2.45, 2.75) is 30.6 Å². The van der Waals surface area contributed by atoms with E-state index in [-0.39, 0.29) is 10.6 Å². The van der Waals surface area contributed by atoms with Crippen LogP contribution < -0.4 is 15.0 Å². The van der Waals surface area contributed by atoms with Crippen molar-refractivity contribution in [2.75, 3.05) is 12.4 Å². The van der Waals surface area contributed by atoms with E-state index < -0.39 is 15.9 Å². The zero-order valence-electron chi connectivity index (χ0n) is 14.9. The standard InChI is InChI=1S/C18H22N2O4S2/c1-4-24-15-6-8-16(9-7-15)26(22,23)20-19-18(21)12-25-17-10-5-13(2)11-14(17)3/h5-11,20H,4,12H2,1-3H3,(H,19,21). The average molecular weight is 395 g/mol. The monoisotopic (exact) mass is 394 g/mol. The third-order valence-corrected chi connectivity index (χ3v) is 5.90. The van der Waals surface area contributed by atoms with Crippen LogP contribution in [0, 0.1) is 13.8 Å². The van der Waals surface area contributed by atoms with Crippen LogP contribution in [0.2, 0.25) is 0 Å². The molecule has 26 heavy (non-hydrogen) atoms. The van der Waals surface area contributed by atoms with Crippen molar-refractivity contribution < 1.29 is 17.9 Å². The summed E-state index contributed by atoms with van der Waals surface area (Å²) in [7, 11) is -3.83. The summed E-state index contributed by atoms with van der Waals surface area (Å²) in [5.74, 6) is 0.264. The molecule has 0 spiro atoms. The molecule has 1 amide bonds. The number of aryl methyl sites for hydroxylation is 2. The number of thioether (sulfide) groups is 1. The summed E-state index contributed by atoms with van der Waals surface area (Å²) in [5, 5.41) is 0. The Hall–Kier alpha value is -2.03. The van der Waals surface area contributed by atoms with Crippen molar-refractivity contribution in [3.63, 3.8) is 0 Å². The highest BCUT2D eigenvalue weighted by molar-refractivity contribution is 8.00. The number of carbonyl (C=O) groups excluding carboxylic acids is 1. The van der Waals surface area contributed by atoms with Gasteiger partial charge in [-0.1, -0.05) is 17.7 Å². The average Bonchev–Trinajstić information content (AvgIpc) is 2.60. The number of nitrogens with one attached hydrogen (secondary N) is 2. The lowest BCUT2D eigenvalue weighted by Crippen LogP contribution is -2.42. The summed E-state index contributed by atoms with van der Waals surface area (Å²) in [4.78, 5) is 15.1. The molecule has 0 aliphatic carbocycles. The Bertz CT molecular complexity index is 865. The SMILES string of the molecule is CCOc1ccc(S(=O)(=O)NNC(=O)CSc2ccc(C)cc2C)cc1. The van der Waals surface area contributed by atoms with Crippen LogP contribution in [0.3, 0.4) is 0 Å². The van der Waals surface area contributed by atoms with Gasteiger partial charge in [0.15, 0.2) is 0 Å². The summed E-state index contributed by atoms with van der Waals surface area (Å²) in [6.45, 7) is 6.32. The molecule has 0 aliphatic heterocycles. The fourth-order valence-electron chi connectivity index (χ4n) is 2.21. The molecule has 2 N–H and O–H groups in total. The summed E-state index contributed by atoms with van der Waals surface area (Å²) in [5.41, 5.74) is 4.47. The number of sulfonamides is 1. The Kier molecular flexibility index (Phi) is 7.07. The van der Waals surface area contributed by atoms with Gasteiger partial charge in [0, 0.05) is 4.90 Å². The predicted molar refractivity (Wildman–Crippen MR) is 103 cm³/mol. The van der Waals surface area contributed by atoms with Gasteiger partial charge in [-0.15, -0.1) is 16.6 Å². The number of ether oxygens (including phenoxy) is 1. The maximum absolute atomic E-state index is 12.2. The Morgan fingerprint density at radius 2 is 1.81 bits per heavy atom. The van der Waals surface area contributed by atoms with Gasteiger partial charge in [-0.3, -0.25) is 10.2 Å². The maximum Gasteiger partial charge on any atom is 0.257 e. The molecule has 0 aliphatic rings. The van der Waals surface area contributed by atoms with Crippen molar-refractivity contribution in [3.05, 3.63) is 53.6 Å². The van der Waals surface area contributed by atoms with Crippen LogP contribution >= 0.6 is 11.8 Å². The second-order valence-electron chi connectivity index (χ2n) is 5.62. The highest BCUT2D eigenvalue weighted by atomic mass is 32.2. The van der Waals surface area contributed by atoms with Crippen LogP contribution in [0.1, 0.15) is 18.1 Å². The van der Waals surface area contributed by atoms with Gasteiger partial charge in [-0.25, -0.2) is 8.42 Å². The minimum atomic E-state index is -3.83. The van der Waals surface area contributed by atoms with Crippen LogP contribution in [0.25, 0.3) is 0 Å². The molecule has 2 aromatic carbocycles. The lowest BCUT2D eigenvalue weighted by molar-refractivity contribution is -0.119. The van der Waals surface area contributed by atoms with Crippen LogP contribution in [0.15, 0.2) is 52.3 Å². The van der Waals surface area contributed by atoms with Gasteiger partial charge >= 0.3 is 0 Å². The van der Waals surface area contributed by atoms with E-state index in [4.69, 9.17) is 4.74 Å². The Morgan fingerprint density at radius 3 is 2.42 bits per heavy atom. The molecule has 0 heterocycles. The van der Waals surface area contributed by atoms with Gasteiger partial charge in [0.25, 0.3) is 10.0 Å². The lowest BCUT2D eigenvalue weighted by Gasteiger charge is -2.10. The van der Waals surface area contributed by atoms with Crippen molar-refractivity contribution in [3.8, 4) is 5.75 Å². The highest BCUT2D eigenvalue weighted by Crippen LogP contribution is 2.22. The first-order valence-corrected chi connectivity index (χ1v) is 10.5. The van der Waals surface area contributed by atoms with E-state index in [9.17, 15) is 13.2 Å². The minimum absolute atomic E-state index is 0.0447. The molecule has 6 nitrogen and oxygen atoms in total. The fourth-order valence-corrected chi connectivity index (χ4v) is 3.88. The van der Waals surface area contributed by atoms with Gasteiger partial charge in [0.05, 0.1) is 17.3 Å². The largest absolute Gasteiger partial charge is 0.494 e. The molecule has 0 saturated heterocycles. The third-order valence-electron chi connectivity index (χ3n) is 3.46. The van der Waals surface area contributed by atoms with Gasteiger partial charge in [0.2, 0.25) is 5.91 Å². The lowest BCUT2D eigenvalue weighted by atomic mass is 10.2. The molecule has 0 unspecified atom stereocenters. The number of hydrogen-bond donors (Lipinski definition) is 2. The van der Waals surface area contributed by atoms with Gasteiger partial charge < -0.3 is 4.74 Å². The van der Waals surface area contributed by atoms with E-state index in [1.54, 1.807) is 12.1 Å². The Morgan fingerprint density at radius 1 is 1.12 bits per heavy atom. The molecule has 0 radical (unpaired) electrons. The quantitative estimate of drug-likeness (QED) is 0.531. The van der Waals surface area contributed by atoms with Crippen molar-refractivity contribution in [2.24, 2.45) is 0 Å². The Labute approximate surface area is 158 Å². The van der Waals surface area contributed by atoms with Gasteiger partial charge in [0.1, 0.15) is 5.75 Å². The highest BCUT2D eigenvalue weighted by Gasteiger charge is 2.15. The summed E-state index contributed by atoms with van der Waals surface area (Å²) in [6, 6.07) is 11.9. The second-order valence-corrected chi connectivity index (χ2v) is 8.32. The van der Waals surface area contributed by atoms with E-state index in [0.29, 0.717) is 12.4 Å². The van der Waals surface area contributed by atoms with Crippen LogP contribution in [-0.4, -0.2) is 26.7 Å². The molecule has 0 atom stereocenters. The number of hydrazine groups is 1. The zero-order chi connectivity index (χ0) is 19.2. The van der Waals surface area contributed by atoms with E-state index in [2.05, 4.69) is 10.3 Å². The molecule has 8 heteroatoms. The minimum Gasteiger partial charge on any atom is -0.494 e. The molecule has 0 bridgehead atoms. The number of benzene rings is 2. The van der Waals surface area contributed by atoms with Crippen LogP contribution in [0.5, 0.6) is 5.75 Å². The molecule has 0 fully saturated rings. The summed E-state index contributed by atoms with van der Waals surface area (Å²) >= 11 is 1.35. The molecule has 0 saturated carbocycles. The summed E-state index contributed by atoms with van der Waals surface area (Å²) < 4.78 is 29.7. The second kappa shape index (κ2) is 9.07. The molecule has 2 aromatic rings. The predicted octanol–water partition coefficient (Wildman–Crippen LogP) is 2.80. The molecule has 2 rings (SSSR count). The first kappa shape index (κ1) is 20.3. The third kappa shape index (κ3) is 5.76. The zero-order valence-corrected chi connectivity index (χ0v) is 16.5. The van der Waals surface area contributed by atoms with Crippen LogP contribution in [-0.2, 0) is 14.8 Å². The van der Waals surface area contributed by atoms with E-state index in [1.165, 1.54) is 23.9 Å². The number of hydrogen-bond acceptors (Lipinski definition) is 5. The van der Waals surface area contributed by atoms with Gasteiger partial charge in [-0.05, 0) is 56.7 Å². The maximum atomic E-state index is 12.2. The number of rotatable bonds is 8. The van der Waals surface area contributed by atoms with E-state index >= 15 is 0 Å². The topological polar surface area (TPSA) is 84.5 Å². The Balaban J connectivity index is 1.89. The first-order valence-electron chi connectivity index (χ1n) is 8.05. The molecular formula is C18H22N2O4S2. The van der Waals surface area contributed by atoms with Crippen LogP contribution in [0.4, 0.5) is 0 Å². The smallest absolute Gasteiger partial charge is 0.257 e. The number of amides is 1. The van der Waals surface area contributed by atoms with Gasteiger partial charge in [-0.2, -0.15) is 0 Å². The van der Waals surface area contributed by atoms with Crippen molar-refractivity contribution in [1.82, 2.24) is 10.3 Å². The molecule has 140 valence electrons. The molecular weight excluding hydrogens is 372 g/mol. The van der Waals surface area contributed by atoms with Crippen molar-refractivity contribution in [1.29, 1.82) is 0 Å². The van der Waals surface area contributed by atoms with E-state index in [0.717, 1.165) is 16.0 Å². The molecule has 0 aromatic heterocycles. The van der Waals surface area contributed by atoms with Crippen molar-refractivity contribution >= 4 is 27.7 Å². The summed E-state index contributed by atoms with van der Waals surface area (Å²) in [6.07, 6.45) is 0. The fraction of sp³-hybridized carbons (Fsp3) is 0.278.